The van der Waals surface area contributed by atoms with Gasteiger partial charge in [-0.2, -0.15) is 5.10 Å². The first-order valence-corrected chi connectivity index (χ1v) is 5.94. The van der Waals surface area contributed by atoms with Crippen LogP contribution in [0.25, 0.3) is 0 Å². The fraction of sp³-hybridized carbons (Fsp3) is 0.545. The Morgan fingerprint density at radius 1 is 1.65 bits per heavy atom. The SMILES string of the molecule is CCN(CCC(N)=S)C(=O)c1cnn(C)c1C. The molecule has 0 radical (unpaired) electrons. The molecule has 1 heterocycles. The topological polar surface area (TPSA) is 64.2 Å². The van der Waals surface area contributed by atoms with E-state index >= 15 is 0 Å². The summed E-state index contributed by atoms with van der Waals surface area (Å²) in [4.78, 5) is 14.4. The summed E-state index contributed by atoms with van der Waals surface area (Å²) in [5.74, 6) is -0.0191. The molecule has 0 aromatic carbocycles. The Morgan fingerprint density at radius 3 is 2.71 bits per heavy atom. The molecule has 2 N–H and O–H groups in total. The Kier molecular flexibility index (Phi) is 4.62. The van der Waals surface area contributed by atoms with E-state index in [0.717, 1.165) is 5.69 Å². The van der Waals surface area contributed by atoms with Gasteiger partial charge in [-0.1, -0.05) is 12.2 Å². The molecule has 0 saturated heterocycles. The number of nitrogens with two attached hydrogens (primary N) is 1. The average Bonchev–Trinajstić information content (AvgIpc) is 2.60. The predicted octanol–water partition coefficient (Wildman–Crippen LogP) is 0.867. The second-order valence-electron chi connectivity index (χ2n) is 3.87. The van der Waals surface area contributed by atoms with Gasteiger partial charge in [-0.3, -0.25) is 9.48 Å². The van der Waals surface area contributed by atoms with Crippen LogP contribution in [0.3, 0.4) is 0 Å². The van der Waals surface area contributed by atoms with Gasteiger partial charge in [-0.15, -0.1) is 0 Å². The Labute approximate surface area is 107 Å². The van der Waals surface area contributed by atoms with Crippen molar-refractivity contribution in [3.05, 3.63) is 17.5 Å². The summed E-state index contributed by atoms with van der Waals surface area (Å²) in [6.07, 6.45) is 2.15. The third kappa shape index (κ3) is 3.26. The lowest BCUT2D eigenvalue weighted by molar-refractivity contribution is 0.0768. The fourth-order valence-electron chi connectivity index (χ4n) is 1.53. The van der Waals surface area contributed by atoms with E-state index in [9.17, 15) is 4.79 Å². The second kappa shape index (κ2) is 5.77. The van der Waals surface area contributed by atoms with Gasteiger partial charge >= 0.3 is 0 Å². The van der Waals surface area contributed by atoms with E-state index in [2.05, 4.69) is 5.10 Å². The number of rotatable bonds is 5. The van der Waals surface area contributed by atoms with Crippen molar-refractivity contribution in [2.24, 2.45) is 12.8 Å². The molecule has 1 aromatic heterocycles. The van der Waals surface area contributed by atoms with Gasteiger partial charge < -0.3 is 10.6 Å². The first kappa shape index (κ1) is 13.6. The van der Waals surface area contributed by atoms with Gasteiger partial charge in [0, 0.05) is 32.3 Å². The van der Waals surface area contributed by atoms with Gasteiger partial charge in [0.2, 0.25) is 0 Å². The van der Waals surface area contributed by atoms with Crippen LogP contribution in [0.5, 0.6) is 0 Å². The van der Waals surface area contributed by atoms with Crippen LogP contribution >= 0.6 is 12.2 Å². The summed E-state index contributed by atoms with van der Waals surface area (Å²) in [7, 11) is 1.82. The summed E-state index contributed by atoms with van der Waals surface area (Å²) >= 11 is 4.82. The van der Waals surface area contributed by atoms with Gasteiger partial charge in [0.25, 0.3) is 5.91 Å². The minimum Gasteiger partial charge on any atom is -0.393 e. The number of hydrogen-bond acceptors (Lipinski definition) is 3. The van der Waals surface area contributed by atoms with Crippen molar-refractivity contribution in [3.63, 3.8) is 0 Å². The Hall–Kier alpha value is -1.43. The summed E-state index contributed by atoms with van der Waals surface area (Å²) in [6.45, 7) is 5.00. The number of amides is 1. The van der Waals surface area contributed by atoms with Gasteiger partial charge in [0.1, 0.15) is 0 Å². The smallest absolute Gasteiger partial charge is 0.257 e. The zero-order valence-corrected chi connectivity index (χ0v) is 11.3. The van der Waals surface area contributed by atoms with E-state index in [1.165, 1.54) is 0 Å². The second-order valence-corrected chi connectivity index (χ2v) is 4.39. The monoisotopic (exact) mass is 254 g/mol. The molecule has 0 spiro atoms. The molecule has 6 heteroatoms. The highest BCUT2D eigenvalue weighted by Gasteiger charge is 2.18. The molecule has 17 heavy (non-hydrogen) atoms. The molecule has 1 amide bonds. The Bertz CT molecular complexity index is 427. The molecule has 94 valence electrons. The van der Waals surface area contributed by atoms with Crippen molar-refractivity contribution >= 4 is 23.1 Å². The Morgan fingerprint density at radius 2 is 2.29 bits per heavy atom. The van der Waals surface area contributed by atoms with E-state index in [0.29, 0.717) is 30.1 Å². The molecule has 0 unspecified atom stereocenters. The van der Waals surface area contributed by atoms with Crippen LogP contribution in [0, 0.1) is 6.92 Å². The van der Waals surface area contributed by atoms with Crippen LogP contribution in [0.15, 0.2) is 6.20 Å². The summed E-state index contributed by atoms with van der Waals surface area (Å²) in [6, 6.07) is 0. The lowest BCUT2D eigenvalue weighted by atomic mass is 10.2. The first-order chi connectivity index (χ1) is 7.97. The van der Waals surface area contributed by atoms with E-state index < -0.39 is 0 Å². The molecule has 0 saturated carbocycles. The lowest BCUT2D eigenvalue weighted by Gasteiger charge is -2.20. The third-order valence-corrected chi connectivity index (χ3v) is 2.97. The maximum atomic E-state index is 12.2. The number of thiocarbonyl (C=S) groups is 1. The van der Waals surface area contributed by atoms with Crippen LogP contribution in [0.2, 0.25) is 0 Å². The Balaban J connectivity index is 2.79. The van der Waals surface area contributed by atoms with E-state index in [-0.39, 0.29) is 5.91 Å². The van der Waals surface area contributed by atoms with E-state index in [4.69, 9.17) is 18.0 Å². The van der Waals surface area contributed by atoms with Gasteiger partial charge in [0.05, 0.1) is 16.7 Å². The minimum absolute atomic E-state index is 0.0191. The number of hydrogen-bond donors (Lipinski definition) is 1. The largest absolute Gasteiger partial charge is 0.393 e. The molecule has 0 fully saturated rings. The number of carbonyl (C=O) groups excluding carboxylic acids is 1. The van der Waals surface area contributed by atoms with Gasteiger partial charge in [-0.25, -0.2) is 0 Å². The molecule has 5 nitrogen and oxygen atoms in total. The van der Waals surface area contributed by atoms with E-state index in [1.54, 1.807) is 15.8 Å². The molecule has 0 atom stereocenters. The highest BCUT2D eigenvalue weighted by Crippen LogP contribution is 2.10. The summed E-state index contributed by atoms with van der Waals surface area (Å²) in [5.41, 5.74) is 6.95. The number of carbonyl (C=O) groups is 1. The highest BCUT2D eigenvalue weighted by atomic mass is 32.1. The number of aryl methyl sites for hydroxylation is 1. The zero-order valence-electron chi connectivity index (χ0n) is 10.4. The van der Waals surface area contributed by atoms with Gasteiger partial charge in [0.15, 0.2) is 0 Å². The maximum Gasteiger partial charge on any atom is 0.257 e. The van der Waals surface area contributed by atoms with Crippen molar-refractivity contribution in [1.29, 1.82) is 0 Å². The summed E-state index contributed by atoms with van der Waals surface area (Å²) < 4.78 is 1.69. The molecular formula is C11H18N4OS. The molecule has 0 bridgehead atoms. The lowest BCUT2D eigenvalue weighted by Crippen LogP contribution is -2.33. The quantitative estimate of drug-likeness (QED) is 0.792. The number of aromatic nitrogens is 2. The van der Waals surface area contributed by atoms with Crippen molar-refractivity contribution in [3.8, 4) is 0 Å². The molecule has 0 aliphatic carbocycles. The van der Waals surface area contributed by atoms with Crippen molar-refractivity contribution < 1.29 is 4.79 Å². The van der Waals surface area contributed by atoms with Crippen molar-refractivity contribution in [2.75, 3.05) is 13.1 Å². The zero-order chi connectivity index (χ0) is 13.0. The maximum absolute atomic E-state index is 12.2. The predicted molar refractivity (Wildman–Crippen MR) is 70.9 cm³/mol. The standard InChI is InChI=1S/C11H18N4OS/c1-4-15(6-5-10(12)17)11(16)9-7-13-14(3)8(9)2/h7H,4-6H2,1-3H3,(H2,12,17). The minimum atomic E-state index is -0.0191. The summed E-state index contributed by atoms with van der Waals surface area (Å²) in [5, 5.41) is 4.07. The average molecular weight is 254 g/mol. The van der Waals surface area contributed by atoms with Gasteiger partial charge in [-0.05, 0) is 13.8 Å². The van der Waals surface area contributed by atoms with E-state index in [1.807, 2.05) is 20.9 Å². The van der Waals surface area contributed by atoms with Crippen LogP contribution < -0.4 is 5.73 Å². The first-order valence-electron chi connectivity index (χ1n) is 5.53. The molecule has 0 aliphatic rings. The van der Waals surface area contributed by atoms with Crippen molar-refractivity contribution in [1.82, 2.24) is 14.7 Å². The molecule has 0 aliphatic heterocycles. The fourth-order valence-corrected chi connectivity index (χ4v) is 1.62. The van der Waals surface area contributed by atoms with Crippen LogP contribution in [-0.2, 0) is 7.05 Å². The third-order valence-electron chi connectivity index (χ3n) is 2.76. The normalized spacial score (nSPS) is 10.3. The molecular weight excluding hydrogens is 236 g/mol. The van der Waals surface area contributed by atoms with Crippen LogP contribution in [-0.4, -0.2) is 38.7 Å². The number of nitrogens with zero attached hydrogens (tertiary/aromatic N) is 3. The van der Waals surface area contributed by atoms with Crippen LogP contribution in [0.1, 0.15) is 29.4 Å². The molecule has 1 rings (SSSR count). The highest BCUT2D eigenvalue weighted by molar-refractivity contribution is 7.80. The van der Waals surface area contributed by atoms with Crippen molar-refractivity contribution in [2.45, 2.75) is 20.3 Å². The van der Waals surface area contributed by atoms with Crippen LogP contribution in [0.4, 0.5) is 0 Å². The molecule has 1 aromatic rings.